The van der Waals surface area contributed by atoms with Crippen LogP contribution >= 0.6 is 22.9 Å². The van der Waals surface area contributed by atoms with Crippen LogP contribution in [-0.2, 0) is 6.42 Å². The Kier molecular flexibility index (Phi) is 5.29. The number of halogens is 1. The van der Waals surface area contributed by atoms with Crippen LogP contribution in [0.15, 0.2) is 53.9 Å². The van der Waals surface area contributed by atoms with E-state index in [0.29, 0.717) is 22.9 Å². The van der Waals surface area contributed by atoms with Gasteiger partial charge in [-0.1, -0.05) is 11.6 Å². The lowest BCUT2D eigenvalue weighted by atomic mass is 9.93. The minimum absolute atomic E-state index is 0.0152. The Morgan fingerprint density at radius 1 is 1.11 bits per heavy atom. The molecule has 0 saturated heterocycles. The second kappa shape index (κ2) is 7.86. The zero-order valence-electron chi connectivity index (χ0n) is 15.6. The molecular weight excluding hydrogens is 394 g/mol. The van der Waals surface area contributed by atoms with E-state index in [0.717, 1.165) is 17.7 Å². The lowest BCUT2D eigenvalue weighted by Crippen LogP contribution is -2.40. The molecule has 1 aliphatic heterocycles. The molecule has 0 spiro atoms. The zero-order chi connectivity index (χ0) is 19.7. The predicted molar refractivity (Wildman–Crippen MR) is 112 cm³/mol. The van der Waals surface area contributed by atoms with Crippen molar-refractivity contribution in [2.24, 2.45) is 0 Å². The molecule has 4 rings (SSSR count). The van der Waals surface area contributed by atoms with Gasteiger partial charge in [-0.2, -0.15) is 0 Å². The average Bonchev–Trinajstić information content (AvgIpc) is 3.21. The second-order valence-corrected chi connectivity index (χ2v) is 7.96. The Labute approximate surface area is 173 Å². The van der Waals surface area contributed by atoms with Crippen LogP contribution in [0.25, 0.3) is 0 Å². The first kappa shape index (κ1) is 18.8. The number of thiophene rings is 1. The summed E-state index contributed by atoms with van der Waals surface area (Å²) in [6.07, 6.45) is 0.840. The number of nitrogens with zero attached hydrogens (tertiary/aromatic N) is 1. The fourth-order valence-corrected chi connectivity index (χ4v) is 4.85. The van der Waals surface area contributed by atoms with Crippen molar-refractivity contribution in [2.45, 2.75) is 12.5 Å². The number of methoxy groups -OCH3 is 2. The number of hydrogen-bond donors (Lipinski definition) is 0. The van der Waals surface area contributed by atoms with Gasteiger partial charge in [0.2, 0.25) is 0 Å². The molecular formula is C22H20ClNO3S. The highest BCUT2D eigenvalue weighted by Crippen LogP contribution is 2.43. The normalized spacial score (nSPS) is 15.8. The van der Waals surface area contributed by atoms with E-state index >= 15 is 0 Å². The van der Waals surface area contributed by atoms with E-state index in [1.54, 1.807) is 49.8 Å². The third-order valence-corrected chi connectivity index (χ3v) is 6.31. The maximum absolute atomic E-state index is 13.4. The fraction of sp³-hybridized carbons (Fsp3) is 0.227. The molecule has 144 valence electrons. The summed E-state index contributed by atoms with van der Waals surface area (Å²) in [6.45, 7) is 0.644. The molecule has 1 aliphatic rings. The van der Waals surface area contributed by atoms with E-state index in [1.165, 1.54) is 10.4 Å². The largest absolute Gasteiger partial charge is 0.497 e. The van der Waals surface area contributed by atoms with E-state index in [-0.39, 0.29) is 11.9 Å². The van der Waals surface area contributed by atoms with Crippen LogP contribution in [0.3, 0.4) is 0 Å². The highest BCUT2D eigenvalue weighted by molar-refractivity contribution is 7.10. The van der Waals surface area contributed by atoms with E-state index < -0.39 is 0 Å². The summed E-state index contributed by atoms with van der Waals surface area (Å²) in [5, 5.41) is 2.70. The van der Waals surface area contributed by atoms with E-state index in [2.05, 4.69) is 11.4 Å². The highest BCUT2D eigenvalue weighted by Gasteiger charge is 2.35. The summed E-state index contributed by atoms with van der Waals surface area (Å²) in [5.41, 5.74) is 2.86. The van der Waals surface area contributed by atoms with Crippen molar-refractivity contribution < 1.29 is 14.3 Å². The minimum Gasteiger partial charge on any atom is -0.497 e. The lowest BCUT2D eigenvalue weighted by molar-refractivity contribution is 0.0696. The van der Waals surface area contributed by atoms with Gasteiger partial charge in [0.05, 0.1) is 20.3 Å². The molecule has 0 aliphatic carbocycles. The van der Waals surface area contributed by atoms with Crippen LogP contribution < -0.4 is 9.47 Å². The number of benzene rings is 2. The third kappa shape index (κ3) is 3.36. The average molecular weight is 414 g/mol. The molecule has 0 saturated carbocycles. The van der Waals surface area contributed by atoms with Crippen LogP contribution in [0.5, 0.6) is 11.5 Å². The maximum Gasteiger partial charge on any atom is 0.254 e. The molecule has 1 atom stereocenters. The Morgan fingerprint density at radius 2 is 1.89 bits per heavy atom. The topological polar surface area (TPSA) is 38.8 Å². The summed E-state index contributed by atoms with van der Waals surface area (Å²) in [7, 11) is 3.27. The van der Waals surface area contributed by atoms with Gasteiger partial charge in [0.25, 0.3) is 5.91 Å². The van der Waals surface area contributed by atoms with E-state index in [4.69, 9.17) is 21.1 Å². The Bertz CT molecular complexity index is 999. The maximum atomic E-state index is 13.4. The van der Waals surface area contributed by atoms with Gasteiger partial charge in [-0.05, 0) is 59.8 Å². The fourth-order valence-electron chi connectivity index (χ4n) is 3.64. The summed E-state index contributed by atoms with van der Waals surface area (Å²) < 4.78 is 11.0. The van der Waals surface area contributed by atoms with Crippen LogP contribution in [0.2, 0.25) is 5.02 Å². The van der Waals surface area contributed by atoms with Crippen molar-refractivity contribution >= 4 is 28.8 Å². The molecule has 0 fully saturated rings. The van der Waals surface area contributed by atoms with Crippen LogP contribution in [0, 0.1) is 0 Å². The molecule has 6 heteroatoms. The number of fused-ring (bicyclic) bond motifs is 1. The van der Waals surface area contributed by atoms with Crippen LogP contribution in [-0.4, -0.2) is 31.6 Å². The molecule has 0 N–H and O–H groups in total. The van der Waals surface area contributed by atoms with Crippen molar-refractivity contribution in [3.63, 3.8) is 0 Å². The van der Waals surface area contributed by atoms with Gasteiger partial charge in [-0.25, -0.2) is 0 Å². The lowest BCUT2D eigenvalue weighted by Gasteiger charge is -2.36. The van der Waals surface area contributed by atoms with Gasteiger partial charge in [-0.15, -0.1) is 11.3 Å². The molecule has 0 radical (unpaired) electrons. The number of amides is 1. The van der Waals surface area contributed by atoms with Gasteiger partial charge < -0.3 is 14.4 Å². The monoisotopic (exact) mass is 413 g/mol. The highest BCUT2D eigenvalue weighted by atomic mass is 35.5. The number of carbonyl (C=O) groups is 1. The zero-order valence-corrected chi connectivity index (χ0v) is 17.2. The molecule has 1 aromatic heterocycles. The first-order valence-corrected chi connectivity index (χ1v) is 10.2. The molecule has 4 nitrogen and oxygen atoms in total. The van der Waals surface area contributed by atoms with E-state index in [1.807, 2.05) is 23.1 Å². The van der Waals surface area contributed by atoms with Crippen molar-refractivity contribution in [2.75, 3.05) is 20.8 Å². The smallest absolute Gasteiger partial charge is 0.254 e. The van der Waals surface area contributed by atoms with E-state index in [9.17, 15) is 4.79 Å². The summed E-state index contributed by atoms with van der Waals surface area (Å²) >= 11 is 7.67. The van der Waals surface area contributed by atoms with Crippen LogP contribution in [0.4, 0.5) is 0 Å². The minimum atomic E-state index is -0.201. The Hall–Kier alpha value is -2.50. The Balaban J connectivity index is 1.81. The number of ether oxygens (including phenoxy) is 2. The number of rotatable bonds is 4. The van der Waals surface area contributed by atoms with Crippen molar-refractivity contribution in [1.82, 2.24) is 4.90 Å². The van der Waals surface area contributed by atoms with Gasteiger partial charge in [0.1, 0.15) is 11.5 Å². The Morgan fingerprint density at radius 3 is 2.61 bits per heavy atom. The van der Waals surface area contributed by atoms with Crippen molar-refractivity contribution in [1.29, 1.82) is 0 Å². The summed E-state index contributed by atoms with van der Waals surface area (Å²) in [5.74, 6) is 1.41. The molecule has 2 aromatic carbocycles. The van der Waals surface area contributed by atoms with Gasteiger partial charge in [0, 0.05) is 33.6 Å². The SMILES string of the molecule is COc1ccc(C2c3sccc3CCN2C(=O)c2ccc(Cl)cc2)c(OC)c1. The van der Waals surface area contributed by atoms with Gasteiger partial charge in [-0.3, -0.25) is 4.79 Å². The van der Waals surface area contributed by atoms with Gasteiger partial charge in [0.15, 0.2) is 0 Å². The molecule has 1 amide bonds. The standard InChI is InChI=1S/C22H20ClNO3S/c1-26-17-7-8-18(19(13-17)27-2)20-21-14(10-12-28-21)9-11-24(20)22(25)15-3-5-16(23)6-4-15/h3-8,10,12-13,20H,9,11H2,1-2H3. The number of hydrogen-bond acceptors (Lipinski definition) is 4. The first-order valence-electron chi connectivity index (χ1n) is 8.97. The second-order valence-electron chi connectivity index (χ2n) is 6.58. The number of carbonyl (C=O) groups excluding carboxylic acids is 1. The van der Waals surface area contributed by atoms with Crippen molar-refractivity contribution in [3.05, 3.63) is 80.5 Å². The molecule has 0 bridgehead atoms. The van der Waals surface area contributed by atoms with Crippen LogP contribution in [0.1, 0.15) is 32.4 Å². The van der Waals surface area contributed by atoms with Gasteiger partial charge >= 0.3 is 0 Å². The van der Waals surface area contributed by atoms with Crippen molar-refractivity contribution in [3.8, 4) is 11.5 Å². The molecule has 28 heavy (non-hydrogen) atoms. The first-order chi connectivity index (χ1) is 13.6. The summed E-state index contributed by atoms with van der Waals surface area (Å²) in [4.78, 5) is 16.5. The molecule has 3 aromatic rings. The summed E-state index contributed by atoms with van der Waals surface area (Å²) in [6, 6.07) is 14.7. The quantitative estimate of drug-likeness (QED) is 0.589. The molecule has 1 unspecified atom stereocenters. The molecule has 2 heterocycles. The third-order valence-electron chi connectivity index (χ3n) is 5.05. The predicted octanol–water partition coefficient (Wildman–Crippen LogP) is 5.21.